The molecule has 1 radical (unpaired) electrons. The molecule has 0 spiro atoms. The Hall–Kier alpha value is -1.31. The van der Waals surface area contributed by atoms with E-state index in [0.717, 1.165) is 0 Å². The number of aromatic hydroxyl groups is 1. The van der Waals surface area contributed by atoms with Crippen LogP contribution in [0.1, 0.15) is 21.6 Å². The maximum Gasteiger partial charge on any atom is 0.469 e. The van der Waals surface area contributed by atoms with E-state index >= 15 is 0 Å². The summed E-state index contributed by atoms with van der Waals surface area (Å²) in [5, 5.41) is 9.46. The summed E-state index contributed by atoms with van der Waals surface area (Å²) in [6.07, 6.45) is 1.59. The van der Waals surface area contributed by atoms with E-state index in [0.29, 0.717) is 6.29 Å². The molecule has 0 aromatic carbocycles. The standard InChI is InChI=1S/C8H10NO6P.HO/c1-5-8(11)7(3-10)6(2-9-5)4-15-16(12,13)14;/h2-3,11H,4H2,1H3,(H2,12,13,14);1H. The second kappa shape index (κ2) is 5.85. The first-order chi connectivity index (χ1) is 7.35. The summed E-state index contributed by atoms with van der Waals surface area (Å²) >= 11 is 0. The average Bonchev–Trinajstić information content (AvgIpc) is 2.18. The number of carbonyl (C=O) groups is 1. The second-order valence-corrected chi connectivity index (χ2v) is 4.25. The molecule has 1 heterocycles. The minimum Gasteiger partial charge on any atom is -0.505 e. The van der Waals surface area contributed by atoms with Crippen LogP contribution in [-0.4, -0.2) is 31.6 Å². The van der Waals surface area contributed by atoms with E-state index in [1.165, 1.54) is 13.1 Å². The van der Waals surface area contributed by atoms with Crippen molar-refractivity contribution in [3.05, 3.63) is 23.0 Å². The molecule has 0 aliphatic carbocycles. The van der Waals surface area contributed by atoms with Gasteiger partial charge in [-0.2, -0.15) is 0 Å². The van der Waals surface area contributed by atoms with E-state index < -0.39 is 14.4 Å². The van der Waals surface area contributed by atoms with Crippen LogP contribution in [0.5, 0.6) is 5.75 Å². The number of aromatic nitrogens is 1. The molecule has 0 saturated heterocycles. The van der Waals surface area contributed by atoms with Gasteiger partial charge in [0, 0.05) is 11.8 Å². The van der Waals surface area contributed by atoms with Crippen LogP contribution < -0.4 is 0 Å². The van der Waals surface area contributed by atoms with Crippen molar-refractivity contribution < 1.29 is 34.3 Å². The molecule has 8 nitrogen and oxygen atoms in total. The van der Waals surface area contributed by atoms with Crippen LogP contribution in [0.3, 0.4) is 0 Å². The van der Waals surface area contributed by atoms with Crippen LogP contribution in [0.2, 0.25) is 0 Å². The first kappa shape index (κ1) is 15.7. The Morgan fingerprint density at radius 1 is 1.53 bits per heavy atom. The smallest absolute Gasteiger partial charge is 0.469 e. The molecule has 1 aromatic heterocycles. The van der Waals surface area contributed by atoms with E-state index in [9.17, 15) is 14.5 Å². The molecule has 17 heavy (non-hydrogen) atoms. The predicted molar refractivity (Wildman–Crippen MR) is 54.8 cm³/mol. The van der Waals surface area contributed by atoms with Crippen molar-refractivity contribution in [2.45, 2.75) is 13.5 Å². The van der Waals surface area contributed by atoms with Crippen molar-refractivity contribution in [3.63, 3.8) is 0 Å². The van der Waals surface area contributed by atoms with Gasteiger partial charge in [0.25, 0.3) is 0 Å². The molecule has 0 fully saturated rings. The minimum atomic E-state index is -4.61. The summed E-state index contributed by atoms with van der Waals surface area (Å²) in [5.74, 6) is -0.318. The Bertz CT molecular complexity index is 455. The van der Waals surface area contributed by atoms with Crippen molar-refractivity contribution >= 4 is 14.1 Å². The Balaban J connectivity index is 0.00000256. The molecule has 1 aromatic rings. The highest BCUT2D eigenvalue weighted by atomic mass is 31.2. The lowest BCUT2D eigenvalue weighted by molar-refractivity contribution is 0.111. The third-order valence-electron chi connectivity index (χ3n) is 1.86. The quantitative estimate of drug-likeness (QED) is 0.452. The Labute approximate surface area is 96.4 Å². The van der Waals surface area contributed by atoms with Gasteiger partial charge >= 0.3 is 7.82 Å². The van der Waals surface area contributed by atoms with Gasteiger partial charge in [-0.3, -0.25) is 19.8 Å². The van der Waals surface area contributed by atoms with Gasteiger partial charge in [-0.25, -0.2) is 4.57 Å². The molecule has 0 atom stereocenters. The van der Waals surface area contributed by atoms with E-state index in [4.69, 9.17) is 9.79 Å². The largest absolute Gasteiger partial charge is 0.505 e. The van der Waals surface area contributed by atoms with Crippen LogP contribution in [0.15, 0.2) is 6.20 Å². The number of aldehydes is 1. The lowest BCUT2D eigenvalue weighted by Crippen LogP contribution is -1.99. The minimum absolute atomic E-state index is 0. The van der Waals surface area contributed by atoms with E-state index in [1.54, 1.807) is 0 Å². The average molecular weight is 264 g/mol. The summed E-state index contributed by atoms with van der Waals surface area (Å²) in [6, 6.07) is 0. The fourth-order valence-electron chi connectivity index (χ4n) is 1.05. The molecule has 0 saturated carbocycles. The fraction of sp³-hybridized carbons (Fsp3) is 0.250. The number of phosphoric ester groups is 1. The molecular formula is C8H11NO7P. The van der Waals surface area contributed by atoms with Crippen LogP contribution in [0.25, 0.3) is 0 Å². The number of phosphoric acid groups is 1. The lowest BCUT2D eigenvalue weighted by Gasteiger charge is -2.09. The highest BCUT2D eigenvalue weighted by Crippen LogP contribution is 2.37. The topological polar surface area (TPSA) is 147 Å². The number of aryl methyl sites for hydroxylation is 1. The first-order valence-electron chi connectivity index (χ1n) is 4.18. The monoisotopic (exact) mass is 264 g/mol. The zero-order valence-electron chi connectivity index (χ0n) is 8.77. The molecule has 0 bridgehead atoms. The molecule has 0 unspecified atom stereocenters. The molecule has 0 aliphatic heterocycles. The fourth-order valence-corrected chi connectivity index (χ4v) is 1.36. The maximum atomic E-state index is 10.7. The predicted octanol–water partition coefficient (Wildman–Crippen LogP) is 0.341. The van der Waals surface area contributed by atoms with Gasteiger partial charge in [-0.15, -0.1) is 0 Å². The van der Waals surface area contributed by atoms with Crippen molar-refractivity contribution in [1.29, 1.82) is 0 Å². The molecule has 95 valence electrons. The summed E-state index contributed by atoms with van der Waals surface area (Å²) in [6.45, 7) is 0.995. The zero-order chi connectivity index (χ0) is 12.3. The van der Waals surface area contributed by atoms with Crippen molar-refractivity contribution in [1.82, 2.24) is 4.98 Å². The van der Waals surface area contributed by atoms with E-state index in [-0.39, 0.29) is 28.0 Å². The van der Waals surface area contributed by atoms with Gasteiger partial charge in [0.05, 0.1) is 17.9 Å². The molecular weight excluding hydrogens is 253 g/mol. The van der Waals surface area contributed by atoms with Gasteiger partial charge in [0.1, 0.15) is 5.75 Å². The number of pyridine rings is 1. The second-order valence-electron chi connectivity index (χ2n) is 3.01. The Morgan fingerprint density at radius 3 is 2.59 bits per heavy atom. The third kappa shape index (κ3) is 4.22. The first-order valence-corrected chi connectivity index (χ1v) is 5.71. The van der Waals surface area contributed by atoms with Gasteiger partial charge in [-0.1, -0.05) is 0 Å². The van der Waals surface area contributed by atoms with Crippen LogP contribution in [0, 0.1) is 6.92 Å². The van der Waals surface area contributed by atoms with Crippen LogP contribution >= 0.6 is 7.82 Å². The van der Waals surface area contributed by atoms with Crippen LogP contribution in [-0.2, 0) is 15.7 Å². The summed E-state index contributed by atoms with van der Waals surface area (Å²) in [7, 11) is -4.61. The molecule has 1 rings (SSSR count). The Morgan fingerprint density at radius 2 is 2.12 bits per heavy atom. The number of carbonyl (C=O) groups excluding carboxylic acids is 1. The highest BCUT2D eigenvalue weighted by Gasteiger charge is 2.17. The summed E-state index contributed by atoms with van der Waals surface area (Å²) < 4.78 is 14.7. The van der Waals surface area contributed by atoms with Crippen molar-refractivity contribution in [2.24, 2.45) is 0 Å². The number of rotatable bonds is 4. The van der Waals surface area contributed by atoms with Gasteiger partial charge in [-0.05, 0) is 6.92 Å². The summed E-state index contributed by atoms with van der Waals surface area (Å²) in [5.41, 5.74) is 0.282. The summed E-state index contributed by atoms with van der Waals surface area (Å²) in [4.78, 5) is 31.4. The van der Waals surface area contributed by atoms with Crippen molar-refractivity contribution in [2.75, 3.05) is 0 Å². The number of nitrogens with zero attached hydrogens (tertiary/aromatic N) is 1. The molecule has 9 heteroatoms. The Kier molecular flexibility index (Phi) is 5.40. The van der Waals surface area contributed by atoms with E-state index in [2.05, 4.69) is 9.51 Å². The highest BCUT2D eigenvalue weighted by molar-refractivity contribution is 7.46. The van der Waals surface area contributed by atoms with Gasteiger partial charge < -0.3 is 14.9 Å². The van der Waals surface area contributed by atoms with Gasteiger partial charge in [0.2, 0.25) is 0 Å². The normalized spacial score (nSPS) is 10.8. The maximum absolute atomic E-state index is 10.7. The number of hydrogen-bond acceptors (Lipinski definition) is 5. The van der Waals surface area contributed by atoms with Crippen molar-refractivity contribution in [3.8, 4) is 5.75 Å². The number of hydrogen-bond donors (Lipinski definition) is 4. The van der Waals surface area contributed by atoms with Crippen LogP contribution in [0.4, 0.5) is 0 Å². The SMILES string of the molecule is Cc1ncc(COP(=O)(O)O)c(C=O)c1O.[OH]. The van der Waals surface area contributed by atoms with Gasteiger partial charge in [0.15, 0.2) is 6.29 Å². The third-order valence-corrected chi connectivity index (χ3v) is 2.33. The zero-order valence-corrected chi connectivity index (χ0v) is 9.66. The molecule has 0 amide bonds. The lowest BCUT2D eigenvalue weighted by atomic mass is 10.1. The molecule has 0 aliphatic rings. The molecule has 4 N–H and O–H groups in total. The van der Waals surface area contributed by atoms with E-state index in [1.807, 2.05) is 0 Å².